The third kappa shape index (κ3) is 7.05. The molecule has 0 aliphatic rings. The second kappa shape index (κ2) is 13.0. The number of hydrogen-bond acceptors (Lipinski definition) is 2. The van der Waals surface area contributed by atoms with Crippen molar-refractivity contribution in [1.82, 2.24) is 10.6 Å². The molecule has 0 atom stereocenters. The molecule has 0 aliphatic heterocycles. The van der Waals surface area contributed by atoms with E-state index in [0.29, 0.717) is 10.6 Å². The third-order valence-corrected chi connectivity index (χ3v) is 5.86. The molecule has 0 aromatic carbocycles. The number of carbonyl (C=O) groups is 2. The van der Waals surface area contributed by atoms with Crippen molar-refractivity contribution in [2.75, 3.05) is 13.1 Å². The van der Waals surface area contributed by atoms with Crippen LogP contribution in [0.5, 0.6) is 0 Å². The largest absolute Gasteiger partial charge is 0.460 e. The highest BCUT2D eigenvalue weighted by Gasteiger charge is 2.93. The van der Waals surface area contributed by atoms with Crippen molar-refractivity contribution in [3.63, 3.8) is 0 Å². The number of alkyl halides is 26. The molecule has 0 rings (SSSR count). The number of halogens is 26. The zero-order valence-corrected chi connectivity index (χ0v) is 22.2. The van der Waals surface area contributed by atoms with E-state index in [1.165, 1.54) is 0 Å². The maximum Gasteiger partial charge on any atom is 0.460 e. The SMILES string of the molecule is O=C(NCCCCCNC(=O)C(F)(F)C(F)(F)C(F)(F)C(F)(F)C(F)(F)C(F)(F)F)C(F)(F)C(F)(F)C(F)(F)C(F)(F)C(F)(F)C(F)(F)F. The van der Waals surface area contributed by atoms with Crippen molar-refractivity contribution in [2.45, 2.75) is 90.8 Å². The molecule has 2 amide bonds. The molecule has 30 heteroatoms. The average molecular weight is 794 g/mol. The van der Waals surface area contributed by atoms with Crippen molar-refractivity contribution >= 4 is 11.8 Å². The van der Waals surface area contributed by atoms with Gasteiger partial charge in [0.05, 0.1) is 0 Å². The Kier molecular flexibility index (Phi) is 12.3. The molecule has 0 spiro atoms. The summed E-state index contributed by atoms with van der Waals surface area (Å²) in [6.07, 6.45) is -18.4. The molecule has 0 fully saturated rings. The van der Waals surface area contributed by atoms with Crippen LogP contribution in [-0.2, 0) is 9.59 Å². The molecule has 0 saturated heterocycles. The van der Waals surface area contributed by atoms with Gasteiger partial charge in [-0.3, -0.25) is 9.59 Å². The third-order valence-electron chi connectivity index (χ3n) is 5.86. The maximum absolute atomic E-state index is 13.6. The molecule has 0 unspecified atom stereocenters. The van der Waals surface area contributed by atoms with Gasteiger partial charge in [0.15, 0.2) is 0 Å². The predicted octanol–water partition coefficient (Wildman–Crippen LogP) is 7.87. The molecule has 0 aromatic rings. The van der Waals surface area contributed by atoms with Crippen molar-refractivity contribution in [2.24, 2.45) is 0 Å². The van der Waals surface area contributed by atoms with Crippen LogP contribution in [-0.4, -0.2) is 96.5 Å². The van der Waals surface area contributed by atoms with Gasteiger partial charge in [-0.15, -0.1) is 0 Å². The lowest BCUT2D eigenvalue weighted by molar-refractivity contribution is -0.436. The van der Waals surface area contributed by atoms with Crippen molar-refractivity contribution < 1.29 is 124 Å². The zero-order valence-electron chi connectivity index (χ0n) is 22.2. The van der Waals surface area contributed by atoms with Gasteiger partial charge in [-0.2, -0.15) is 114 Å². The highest BCUT2D eigenvalue weighted by atomic mass is 19.4. The fourth-order valence-corrected chi connectivity index (χ4v) is 2.88. The molecular formula is C19H12F26N2O2. The molecule has 0 aliphatic carbocycles. The lowest BCUT2D eigenvalue weighted by Crippen LogP contribution is -2.72. The highest BCUT2D eigenvalue weighted by Crippen LogP contribution is 2.61. The molecular weight excluding hydrogens is 782 g/mol. The van der Waals surface area contributed by atoms with Gasteiger partial charge in [-0.25, -0.2) is 0 Å². The van der Waals surface area contributed by atoms with E-state index < -0.39 is 116 Å². The number of hydrogen-bond donors (Lipinski definition) is 2. The molecule has 0 heterocycles. The summed E-state index contributed by atoms with van der Waals surface area (Å²) in [4.78, 5) is 22.4. The lowest BCUT2D eigenvalue weighted by atomic mass is 9.93. The minimum absolute atomic E-state index is 0.560. The Bertz CT molecular complexity index is 1100. The van der Waals surface area contributed by atoms with E-state index in [1.54, 1.807) is 0 Å². The van der Waals surface area contributed by atoms with Crippen molar-refractivity contribution in [3.8, 4) is 0 Å². The van der Waals surface area contributed by atoms with Crippen molar-refractivity contribution in [1.29, 1.82) is 0 Å². The van der Waals surface area contributed by atoms with Crippen LogP contribution in [0.3, 0.4) is 0 Å². The summed E-state index contributed by atoms with van der Waals surface area (Å²) in [5.74, 6) is -87.4. The van der Waals surface area contributed by atoms with E-state index in [9.17, 15) is 124 Å². The molecule has 2 N–H and O–H groups in total. The summed E-state index contributed by atoms with van der Waals surface area (Å²) in [5.41, 5.74) is 0. The van der Waals surface area contributed by atoms with Crippen LogP contribution >= 0.6 is 0 Å². The first kappa shape index (κ1) is 46.1. The smallest absolute Gasteiger partial charge is 0.351 e. The van der Waals surface area contributed by atoms with E-state index in [-0.39, 0.29) is 0 Å². The number of rotatable bonds is 16. The second-order valence-corrected chi connectivity index (χ2v) is 9.31. The van der Waals surface area contributed by atoms with E-state index in [0.717, 1.165) is 0 Å². The first-order chi connectivity index (χ1) is 21.0. The predicted molar refractivity (Wildman–Crippen MR) is 101 cm³/mol. The topological polar surface area (TPSA) is 58.2 Å². The number of unbranched alkanes of at least 4 members (excludes halogenated alkanes) is 2. The molecule has 0 aromatic heterocycles. The Morgan fingerprint density at radius 1 is 0.306 bits per heavy atom. The fraction of sp³-hybridized carbons (Fsp3) is 0.895. The molecule has 0 radical (unpaired) electrons. The molecule has 0 saturated carbocycles. The quantitative estimate of drug-likeness (QED) is 0.124. The Hall–Kier alpha value is -2.88. The Morgan fingerprint density at radius 3 is 0.714 bits per heavy atom. The number of nitrogens with one attached hydrogen (secondary N) is 2. The van der Waals surface area contributed by atoms with Gasteiger partial charge in [-0.05, 0) is 19.3 Å². The Balaban J connectivity index is 5.46. The second-order valence-electron chi connectivity index (χ2n) is 9.31. The van der Waals surface area contributed by atoms with E-state index >= 15 is 0 Å². The summed E-state index contributed by atoms with van der Waals surface area (Å²) in [6.45, 7) is -3.08. The minimum Gasteiger partial charge on any atom is -0.351 e. The highest BCUT2D eigenvalue weighted by molar-refractivity contribution is 5.85. The average Bonchev–Trinajstić information content (AvgIpc) is 2.89. The molecule has 292 valence electrons. The monoisotopic (exact) mass is 794 g/mol. The Labute approximate surface area is 251 Å². The van der Waals surface area contributed by atoms with Gasteiger partial charge >= 0.3 is 71.6 Å². The fourth-order valence-electron chi connectivity index (χ4n) is 2.88. The summed E-state index contributed by atoms with van der Waals surface area (Å²) in [6, 6.07) is 0. The van der Waals surface area contributed by atoms with Crippen LogP contribution in [0.1, 0.15) is 19.3 Å². The van der Waals surface area contributed by atoms with Gasteiger partial charge < -0.3 is 10.6 Å². The van der Waals surface area contributed by atoms with Gasteiger partial charge in [0, 0.05) is 13.1 Å². The first-order valence-corrected chi connectivity index (χ1v) is 11.5. The van der Waals surface area contributed by atoms with Gasteiger partial charge in [0.1, 0.15) is 0 Å². The summed E-state index contributed by atoms with van der Waals surface area (Å²) in [7, 11) is 0. The summed E-state index contributed by atoms with van der Waals surface area (Å²) in [5, 5.41) is 1.12. The number of carbonyl (C=O) groups excluding carboxylic acids is 2. The first-order valence-electron chi connectivity index (χ1n) is 11.5. The normalized spacial score (nSPS) is 15.7. The minimum atomic E-state index is -8.33. The van der Waals surface area contributed by atoms with Gasteiger partial charge in [-0.1, -0.05) is 0 Å². The standard InChI is InChI=1S/C19H12F26N2O2/c20-8(21,10(24,25)12(28,29)14(32,33)16(36,37)18(40,41)42)6(48)46-4-2-1-3-5-47-7(49)9(22,23)11(26,27)13(30,31)15(34,35)17(38,39)19(43,44)45/h1-5H2,(H,46,48)(H,47,49). The van der Waals surface area contributed by atoms with E-state index in [4.69, 9.17) is 0 Å². The van der Waals surface area contributed by atoms with Gasteiger partial charge in [0.2, 0.25) is 0 Å². The lowest BCUT2D eigenvalue weighted by Gasteiger charge is -2.39. The summed E-state index contributed by atoms with van der Waals surface area (Å²) < 4.78 is 338. The number of amides is 2. The molecule has 49 heavy (non-hydrogen) atoms. The van der Waals surface area contributed by atoms with Crippen LogP contribution < -0.4 is 10.6 Å². The Morgan fingerprint density at radius 2 is 0.510 bits per heavy atom. The van der Waals surface area contributed by atoms with E-state index in [2.05, 4.69) is 0 Å². The van der Waals surface area contributed by atoms with Crippen LogP contribution in [0, 0.1) is 0 Å². The van der Waals surface area contributed by atoms with E-state index in [1.807, 2.05) is 0 Å². The van der Waals surface area contributed by atoms with Gasteiger partial charge in [0.25, 0.3) is 11.8 Å². The van der Waals surface area contributed by atoms with Crippen LogP contribution in [0.25, 0.3) is 0 Å². The van der Waals surface area contributed by atoms with Crippen molar-refractivity contribution in [3.05, 3.63) is 0 Å². The molecule has 0 bridgehead atoms. The van der Waals surface area contributed by atoms with Crippen LogP contribution in [0.15, 0.2) is 0 Å². The maximum atomic E-state index is 13.6. The van der Waals surface area contributed by atoms with Crippen LogP contribution in [0.2, 0.25) is 0 Å². The zero-order chi connectivity index (χ0) is 40.1. The molecule has 4 nitrogen and oxygen atoms in total. The summed E-state index contributed by atoms with van der Waals surface area (Å²) >= 11 is 0. The van der Waals surface area contributed by atoms with Crippen LogP contribution in [0.4, 0.5) is 114 Å².